The van der Waals surface area contributed by atoms with E-state index < -0.39 is 0 Å². The van der Waals surface area contributed by atoms with E-state index in [1.54, 1.807) is 36.4 Å². The third kappa shape index (κ3) is 3.71. The molecule has 0 saturated heterocycles. The van der Waals surface area contributed by atoms with Gasteiger partial charge in [0, 0.05) is 5.69 Å². The lowest BCUT2D eigenvalue weighted by Gasteiger charge is -2.12. The molecule has 2 N–H and O–H groups in total. The standard InChI is InChI=1S/C16H16BrNO4/c1-20-15-8-13(17)16(21-2)7-12(15)14(19)9-22-11-5-3-10(18)4-6-11/h3-8H,9,18H2,1-2H3. The molecule has 0 amide bonds. The molecule has 0 bridgehead atoms. The zero-order valence-corrected chi connectivity index (χ0v) is 13.8. The molecule has 0 heterocycles. The lowest BCUT2D eigenvalue weighted by Crippen LogP contribution is -2.13. The van der Waals surface area contributed by atoms with Crippen LogP contribution in [-0.2, 0) is 0 Å². The van der Waals surface area contributed by atoms with E-state index in [-0.39, 0.29) is 12.4 Å². The highest BCUT2D eigenvalue weighted by Crippen LogP contribution is 2.33. The van der Waals surface area contributed by atoms with E-state index in [4.69, 9.17) is 19.9 Å². The molecule has 0 spiro atoms. The number of rotatable bonds is 6. The van der Waals surface area contributed by atoms with E-state index in [0.29, 0.717) is 33.0 Å². The Labute approximate surface area is 137 Å². The molecule has 2 aromatic carbocycles. The van der Waals surface area contributed by atoms with Crippen LogP contribution in [0.4, 0.5) is 5.69 Å². The molecule has 0 aliphatic carbocycles. The van der Waals surface area contributed by atoms with Crippen molar-refractivity contribution >= 4 is 27.4 Å². The molecular formula is C16H16BrNO4. The molecule has 0 unspecified atom stereocenters. The van der Waals surface area contributed by atoms with Crippen LogP contribution < -0.4 is 19.9 Å². The Hall–Kier alpha value is -2.21. The molecule has 0 aliphatic rings. The van der Waals surface area contributed by atoms with E-state index in [1.165, 1.54) is 14.2 Å². The van der Waals surface area contributed by atoms with Gasteiger partial charge in [-0.2, -0.15) is 0 Å². The maximum Gasteiger partial charge on any atom is 0.204 e. The fraction of sp³-hybridized carbons (Fsp3) is 0.188. The van der Waals surface area contributed by atoms with E-state index in [9.17, 15) is 4.79 Å². The van der Waals surface area contributed by atoms with Crippen molar-refractivity contribution in [2.45, 2.75) is 0 Å². The van der Waals surface area contributed by atoms with Crippen molar-refractivity contribution < 1.29 is 19.0 Å². The second-order valence-electron chi connectivity index (χ2n) is 4.47. The van der Waals surface area contributed by atoms with E-state index in [1.807, 2.05) is 0 Å². The van der Waals surface area contributed by atoms with Crippen LogP contribution in [0.2, 0.25) is 0 Å². The fourth-order valence-electron chi connectivity index (χ4n) is 1.87. The minimum atomic E-state index is -0.209. The third-order valence-electron chi connectivity index (χ3n) is 3.02. The Morgan fingerprint density at radius 2 is 1.73 bits per heavy atom. The second-order valence-corrected chi connectivity index (χ2v) is 5.32. The Bertz CT molecular complexity index is 671. The molecule has 0 saturated carbocycles. The molecule has 116 valence electrons. The normalized spacial score (nSPS) is 10.1. The summed E-state index contributed by atoms with van der Waals surface area (Å²) in [6.07, 6.45) is 0. The van der Waals surface area contributed by atoms with Gasteiger partial charge in [-0.1, -0.05) is 0 Å². The first kappa shape index (κ1) is 16.2. The quantitative estimate of drug-likeness (QED) is 0.627. The lowest BCUT2D eigenvalue weighted by molar-refractivity contribution is 0.0918. The van der Waals surface area contributed by atoms with E-state index in [0.717, 1.165) is 0 Å². The molecule has 0 aliphatic heterocycles. The Morgan fingerprint density at radius 3 is 2.32 bits per heavy atom. The number of ketones is 1. The second kappa shape index (κ2) is 7.17. The number of anilines is 1. The van der Waals surface area contributed by atoms with Gasteiger partial charge in [-0.15, -0.1) is 0 Å². The Balaban J connectivity index is 2.16. The van der Waals surface area contributed by atoms with Gasteiger partial charge in [0.15, 0.2) is 6.61 Å². The molecule has 0 aromatic heterocycles. The summed E-state index contributed by atoms with van der Waals surface area (Å²) in [5.74, 6) is 1.38. The lowest BCUT2D eigenvalue weighted by atomic mass is 10.1. The zero-order valence-electron chi connectivity index (χ0n) is 12.3. The van der Waals surface area contributed by atoms with Crippen LogP contribution in [0.3, 0.4) is 0 Å². The molecule has 5 nitrogen and oxygen atoms in total. The summed E-state index contributed by atoms with van der Waals surface area (Å²) in [4.78, 5) is 12.3. The molecule has 2 rings (SSSR count). The van der Waals surface area contributed by atoms with Gasteiger partial charge < -0.3 is 19.9 Å². The smallest absolute Gasteiger partial charge is 0.204 e. The molecule has 0 radical (unpaired) electrons. The minimum Gasteiger partial charge on any atom is -0.496 e. The van der Waals surface area contributed by atoms with Gasteiger partial charge >= 0.3 is 0 Å². The van der Waals surface area contributed by atoms with Crippen LogP contribution in [0.5, 0.6) is 17.2 Å². The molecule has 6 heteroatoms. The average molecular weight is 366 g/mol. The van der Waals surface area contributed by atoms with Crippen molar-refractivity contribution in [2.75, 3.05) is 26.6 Å². The number of halogens is 1. The molecule has 0 atom stereocenters. The predicted molar refractivity (Wildman–Crippen MR) is 87.9 cm³/mol. The predicted octanol–water partition coefficient (Wildman–Crippen LogP) is 3.31. The first-order valence-corrected chi connectivity index (χ1v) is 7.27. The van der Waals surface area contributed by atoms with Crippen LogP contribution in [0.15, 0.2) is 40.9 Å². The van der Waals surface area contributed by atoms with Crippen LogP contribution in [0, 0.1) is 0 Å². The number of carbonyl (C=O) groups is 1. The fourth-order valence-corrected chi connectivity index (χ4v) is 2.35. The topological polar surface area (TPSA) is 70.8 Å². The molecule has 22 heavy (non-hydrogen) atoms. The minimum absolute atomic E-state index is 0.106. The van der Waals surface area contributed by atoms with Gasteiger partial charge in [-0.25, -0.2) is 0 Å². The van der Waals surface area contributed by atoms with Crippen LogP contribution >= 0.6 is 15.9 Å². The van der Waals surface area contributed by atoms with Gasteiger partial charge in [0.2, 0.25) is 5.78 Å². The molecule has 0 fully saturated rings. The Kier molecular flexibility index (Phi) is 5.27. The van der Waals surface area contributed by atoms with Crippen LogP contribution in [-0.4, -0.2) is 26.6 Å². The highest BCUT2D eigenvalue weighted by atomic mass is 79.9. The monoisotopic (exact) mass is 365 g/mol. The maximum absolute atomic E-state index is 12.3. The summed E-state index contributed by atoms with van der Waals surface area (Å²) in [6.45, 7) is -0.106. The first-order valence-electron chi connectivity index (χ1n) is 6.48. The van der Waals surface area contributed by atoms with Crippen molar-refractivity contribution in [1.82, 2.24) is 0 Å². The Morgan fingerprint density at radius 1 is 1.09 bits per heavy atom. The summed E-state index contributed by atoms with van der Waals surface area (Å²) in [6, 6.07) is 10.2. The van der Waals surface area contributed by atoms with Crippen LogP contribution in [0.1, 0.15) is 10.4 Å². The maximum atomic E-state index is 12.3. The van der Waals surface area contributed by atoms with Gasteiger partial charge in [0.05, 0.1) is 24.3 Å². The number of carbonyl (C=O) groups excluding carboxylic acids is 1. The van der Waals surface area contributed by atoms with Crippen molar-refractivity contribution in [3.05, 3.63) is 46.4 Å². The summed E-state index contributed by atoms with van der Waals surface area (Å²) >= 11 is 3.35. The number of methoxy groups -OCH3 is 2. The third-order valence-corrected chi connectivity index (χ3v) is 3.64. The van der Waals surface area contributed by atoms with E-state index in [2.05, 4.69) is 15.9 Å². The average Bonchev–Trinajstić information content (AvgIpc) is 2.53. The molecular weight excluding hydrogens is 350 g/mol. The van der Waals surface area contributed by atoms with Crippen molar-refractivity contribution in [3.63, 3.8) is 0 Å². The largest absolute Gasteiger partial charge is 0.496 e. The van der Waals surface area contributed by atoms with Crippen LogP contribution in [0.25, 0.3) is 0 Å². The number of nitrogens with two attached hydrogens (primary N) is 1. The van der Waals surface area contributed by atoms with Gasteiger partial charge in [0.25, 0.3) is 0 Å². The SMILES string of the molecule is COc1cc(C(=O)COc2ccc(N)cc2)c(OC)cc1Br. The highest BCUT2D eigenvalue weighted by Gasteiger charge is 2.16. The van der Waals surface area contributed by atoms with E-state index >= 15 is 0 Å². The number of nitrogen functional groups attached to an aromatic ring is 1. The highest BCUT2D eigenvalue weighted by molar-refractivity contribution is 9.10. The zero-order chi connectivity index (χ0) is 16.1. The molecule has 2 aromatic rings. The van der Waals surface area contributed by atoms with Gasteiger partial charge in [-0.05, 0) is 52.3 Å². The number of benzene rings is 2. The number of hydrogen-bond acceptors (Lipinski definition) is 5. The summed E-state index contributed by atoms with van der Waals surface area (Å²) in [7, 11) is 3.04. The van der Waals surface area contributed by atoms with Gasteiger partial charge in [-0.3, -0.25) is 4.79 Å². The number of hydrogen-bond donors (Lipinski definition) is 1. The summed E-state index contributed by atoms with van der Waals surface area (Å²) in [5, 5.41) is 0. The van der Waals surface area contributed by atoms with Crippen molar-refractivity contribution in [1.29, 1.82) is 0 Å². The van der Waals surface area contributed by atoms with Crippen molar-refractivity contribution in [2.24, 2.45) is 0 Å². The van der Waals surface area contributed by atoms with Gasteiger partial charge in [0.1, 0.15) is 17.2 Å². The van der Waals surface area contributed by atoms with Crippen molar-refractivity contribution in [3.8, 4) is 17.2 Å². The number of ether oxygens (including phenoxy) is 3. The first-order chi connectivity index (χ1) is 10.5. The summed E-state index contributed by atoms with van der Waals surface area (Å²) < 4.78 is 16.6. The number of Topliss-reactive ketones (excluding diaryl/α,β-unsaturated/α-hetero) is 1. The summed E-state index contributed by atoms with van der Waals surface area (Å²) in [5.41, 5.74) is 6.64.